The number of hydrogen-bond donors (Lipinski definition) is 0. The number of carbonyl (C=O) groups excluding carboxylic acids is 1. The maximum Gasteiger partial charge on any atom is 0.280 e. The van der Waals surface area contributed by atoms with Gasteiger partial charge in [0.05, 0.1) is 5.88 Å². The smallest absolute Gasteiger partial charge is 0.280 e. The van der Waals surface area contributed by atoms with Crippen LogP contribution in [0.4, 0.5) is 8.78 Å². The molecule has 0 amide bonds. The molecule has 0 N–H and O–H groups in total. The fourth-order valence-corrected chi connectivity index (χ4v) is 1.74. The number of pyridine rings is 1. The molecule has 0 aromatic carbocycles. The van der Waals surface area contributed by atoms with Crippen LogP contribution in [0, 0.1) is 0 Å². The van der Waals surface area contributed by atoms with E-state index in [9.17, 15) is 13.6 Å². The maximum atomic E-state index is 12.5. The highest BCUT2D eigenvalue weighted by molar-refractivity contribution is 9.10. The van der Waals surface area contributed by atoms with Crippen LogP contribution in [0.3, 0.4) is 0 Å². The van der Waals surface area contributed by atoms with E-state index in [2.05, 4.69) is 20.9 Å². The molecule has 1 rings (SSSR count). The van der Waals surface area contributed by atoms with E-state index in [1.165, 1.54) is 6.07 Å². The van der Waals surface area contributed by atoms with Gasteiger partial charge in [0, 0.05) is 11.1 Å². The summed E-state index contributed by atoms with van der Waals surface area (Å²) in [6.45, 7) is 0. The van der Waals surface area contributed by atoms with Gasteiger partial charge in [0.1, 0.15) is 10.3 Å². The van der Waals surface area contributed by atoms with Crippen LogP contribution in [-0.4, -0.2) is 11.3 Å². The maximum absolute atomic E-state index is 12.5. The Morgan fingerprint density at radius 1 is 1.64 bits per heavy atom. The van der Waals surface area contributed by atoms with E-state index in [1.54, 1.807) is 0 Å². The zero-order valence-corrected chi connectivity index (χ0v) is 9.15. The van der Waals surface area contributed by atoms with Gasteiger partial charge in [-0.3, -0.25) is 4.79 Å². The lowest BCUT2D eigenvalue weighted by atomic mass is 10.1. The van der Waals surface area contributed by atoms with Crippen LogP contribution in [-0.2, 0) is 5.88 Å². The van der Waals surface area contributed by atoms with Crippen LogP contribution in [0.25, 0.3) is 0 Å². The fraction of sp³-hybridized carbons (Fsp3) is 0.250. The molecule has 1 heterocycles. The fourth-order valence-electron chi connectivity index (χ4n) is 1.01. The lowest BCUT2D eigenvalue weighted by Crippen LogP contribution is -2.02. The summed E-state index contributed by atoms with van der Waals surface area (Å²) in [5, 5.41) is 0. The van der Waals surface area contributed by atoms with Gasteiger partial charge in [0.25, 0.3) is 6.43 Å². The first kappa shape index (κ1) is 11.5. The van der Waals surface area contributed by atoms with E-state index in [0.717, 1.165) is 0 Å². The van der Waals surface area contributed by atoms with E-state index in [0.29, 0.717) is 6.29 Å². The number of aldehydes is 1. The van der Waals surface area contributed by atoms with Gasteiger partial charge in [-0.15, -0.1) is 11.6 Å². The molecule has 2 nitrogen and oxygen atoms in total. The standard InChI is InChI=1S/C8H5BrClF2NO/c9-6-1-4(3-14)5(2-10)7(13-6)8(11)12/h1,3,8H,2H2. The normalized spacial score (nSPS) is 10.6. The average molecular weight is 284 g/mol. The van der Waals surface area contributed by atoms with Crippen LogP contribution < -0.4 is 0 Å². The molecule has 1 aromatic heterocycles. The number of rotatable bonds is 3. The molecule has 14 heavy (non-hydrogen) atoms. The number of halogens is 4. The predicted octanol–water partition coefficient (Wildman–Crippen LogP) is 3.33. The first-order valence-electron chi connectivity index (χ1n) is 3.58. The van der Waals surface area contributed by atoms with Gasteiger partial charge in [-0.1, -0.05) is 0 Å². The lowest BCUT2D eigenvalue weighted by Gasteiger charge is -2.08. The first-order chi connectivity index (χ1) is 6.60. The van der Waals surface area contributed by atoms with Crippen molar-refractivity contribution >= 4 is 33.8 Å². The van der Waals surface area contributed by atoms with Crippen LogP contribution in [0.2, 0.25) is 0 Å². The predicted molar refractivity (Wildman–Crippen MR) is 51.8 cm³/mol. The van der Waals surface area contributed by atoms with Crippen molar-refractivity contribution in [2.75, 3.05) is 0 Å². The topological polar surface area (TPSA) is 30.0 Å². The zero-order chi connectivity index (χ0) is 10.7. The molecule has 6 heteroatoms. The van der Waals surface area contributed by atoms with Crippen molar-refractivity contribution in [3.63, 3.8) is 0 Å². The van der Waals surface area contributed by atoms with Gasteiger partial charge < -0.3 is 0 Å². The molecule has 0 fully saturated rings. The van der Waals surface area contributed by atoms with Crippen molar-refractivity contribution in [2.45, 2.75) is 12.3 Å². The molecule has 0 aliphatic rings. The van der Waals surface area contributed by atoms with Crippen LogP contribution >= 0.6 is 27.5 Å². The summed E-state index contributed by atoms with van der Waals surface area (Å²) in [6.07, 6.45) is -2.25. The SMILES string of the molecule is O=Cc1cc(Br)nc(C(F)F)c1CCl. The van der Waals surface area contributed by atoms with Crippen molar-refractivity contribution in [3.8, 4) is 0 Å². The Labute approximate surface area is 92.4 Å². The van der Waals surface area contributed by atoms with Crippen molar-refractivity contribution in [3.05, 3.63) is 27.5 Å². The van der Waals surface area contributed by atoms with E-state index >= 15 is 0 Å². The van der Waals surface area contributed by atoms with Gasteiger partial charge in [0.15, 0.2) is 6.29 Å². The summed E-state index contributed by atoms with van der Waals surface area (Å²) in [5.74, 6) is -0.159. The Kier molecular flexibility index (Phi) is 3.95. The van der Waals surface area contributed by atoms with Gasteiger partial charge in [-0.25, -0.2) is 13.8 Å². The minimum absolute atomic E-state index is 0.0832. The van der Waals surface area contributed by atoms with Crippen LogP contribution in [0.15, 0.2) is 10.7 Å². The van der Waals surface area contributed by atoms with Crippen LogP contribution in [0.1, 0.15) is 28.0 Å². The van der Waals surface area contributed by atoms with Gasteiger partial charge in [0.2, 0.25) is 0 Å². The Bertz CT molecular complexity index is 359. The van der Waals surface area contributed by atoms with Gasteiger partial charge >= 0.3 is 0 Å². The lowest BCUT2D eigenvalue weighted by molar-refractivity contribution is 0.112. The molecule has 0 spiro atoms. The highest BCUT2D eigenvalue weighted by Crippen LogP contribution is 2.26. The zero-order valence-electron chi connectivity index (χ0n) is 6.81. The largest absolute Gasteiger partial charge is 0.298 e. The highest BCUT2D eigenvalue weighted by Gasteiger charge is 2.18. The quantitative estimate of drug-likeness (QED) is 0.484. The van der Waals surface area contributed by atoms with Gasteiger partial charge in [-0.05, 0) is 22.0 Å². The second-order valence-corrected chi connectivity index (χ2v) is 3.53. The summed E-state index contributed by atoms with van der Waals surface area (Å²) in [6, 6.07) is 1.36. The molecule has 0 radical (unpaired) electrons. The van der Waals surface area contributed by atoms with E-state index in [-0.39, 0.29) is 21.6 Å². The summed E-state index contributed by atoms with van der Waals surface area (Å²) in [5.41, 5.74) is -0.228. The number of aromatic nitrogens is 1. The molecule has 0 unspecified atom stereocenters. The van der Waals surface area contributed by atoms with E-state index in [4.69, 9.17) is 11.6 Å². The molecule has 1 aromatic rings. The van der Waals surface area contributed by atoms with Crippen molar-refractivity contribution in [2.24, 2.45) is 0 Å². The third-order valence-corrected chi connectivity index (χ3v) is 2.30. The molecular weight excluding hydrogens is 279 g/mol. The summed E-state index contributed by atoms with van der Waals surface area (Å²) in [4.78, 5) is 14.1. The number of nitrogens with zero attached hydrogens (tertiary/aromatic N) is 1. The molecule has 0 saturated carbocycles. The van der Waals surface area contributed by atoms with Gasteiger partial charge in [-0.2, -0.15) is 0 Å². The second-order valence-electron chi connectivity index (χ2n) is 2.45. The van der Waals surface area contributed by atoms with Crippen LogP contribution in [0.5, 0.6) is 0 Å². The third kappa shape index (κ3) is 2.27. The Morgan fingerprint density at radius 3 is 2.71 bits per heavy atom. The second kappa shape index (κ2) is 4.79. The monoisotopic (exact) mass is 283 g/mol. The molecule has 0 aliphatic carbocycles. The summed E-state index contributed by atoms with van der Waals surface area (Å²) < 4.78 is 25.1. The first-order valence-corrected chi connectivity index (χ1v) is 4.91. The number of hydrogen-bond acceptors (Lipinski definition) is 2. The molecule has 0 saturated heterocycles. The number of carbonyl (C=O) groups is 1. The Morgan fingerprint density at radius 2 is 2.29 bits per heavy atom. The molecule has 0 bridgehead atoms. The van der Waals surface area contributed by atoms with Crippen molar-refractivity contribution < 1.29 is 13.6 Å². The van der Waals surface area contributed by atoms with E-state index in [1.807, 2.05) is 0 Å². The Hall–Kier alpha value is -0.550. The summed E-state index contributed by atoms with van der Waals surface area (Å²) >= 11 is 8.40. The molecule has 76 valence electrons. The third-order valence-electron chi connectivity index (χ3n) is 1.63. The molecule has 0 aliphatic heterocycles. The van der Waals surface area contributed by atoms with E-state index < -0.39 is 12.1 Å². The molecule has 0 atom stereocenters. The van der Waals surface area contributed by atoms with Crippen molar-refractivity contribution in [1.82, 2.24) is 4.98 Å². The minimum atomic E-state index is -2.74. The summed E-state index contributed by atoms with van der Waals surface area (Å²) in [7, 11) is 0. The molecular formula is C8H5BrClF2NO. The average Bonchev–Trinajstić information content (AvgIpc) is 2.16. The Balaban J connectivity index is 3.39. The minimum Gasteiger partial charge on any atom is -0.298 e. The highest BCUT2D eigenvalue weighted by atomic mass is 79.9. The number of alkyl halides is 3. The van der Waals surface area contributed by atoms with Crippen molar-refractivity contribution in [1.29, 1.82) is 0 Å².